The van der Waals surface area contributed by atoms with Gasteiger partial charge in [-0.25, -0.2) is 0 Å². The maximum Gasteiger partial charge on any atom is 0.106 e. The van der Waals surface area contributed by atoms with Gasteiger partial charge in [0.15, 0.2) is 0 Å². The molecular formula is C55H51IrOP3-4. The van der Waals surface area contributed by atoms with Crippen LogP contribution < -0.4 is 47.7 Å². The molecule has 0 fully saturated rings. The molecule has 1 nitrogen and oxygen atoms in total. The molecule has 0 aliphatic rings. The Bertz CT molecular complexity index is 1910. The second-order valence-corrected chi connectivity index (χ2v) is 19.7. The zero-order valence-electron chi connectivity index (χ0n) is 37.3. The van der Waals surface area contributed by atoms with E-state index in [1.54, 1.807) is 0 Å². The van der Waals surface area contributed by atoms with Gasteiger partial charge < -0.3 is 10.5 Å². The van der Waals surface area contributed by atoms with E-state index in [9.17, 15) is 0 Å². The number of hydrogen-bond acceptors (Lipinski definition) is 1. The van der Waals surface area contributed by atoms with E-state index < -0.39 is 23.8 Å². The summed E-state index contributed by atoms with van der Waals surface area (Å²) in [6, 6.07) is 97.0. The summed E-state index contributed by atoms with van der Waals surface area (Å²) >= 11 is 0. The molecule has 0 saturated carbocycles. The molecule has 0 saturated heterocycles. The maximum atomic E-state index is 8.00. The molecule has 0 atom stereocenters. The first-order valence-electron chi connectivity index (χ1n) is 19.5. The van der Waals surface area contributed by atoms with Crippen molar-refractivity contribution in [2.24, 2.45) is 0 Å². The Balaban J connectivity index is 0.000000453. The Morgan fingerprint density at radius 2 is 0.283 bits per heavy atom. The smallest absolute Gasteiger partial charge is 0.106 e. The number of rotatable bonds is 9. The van der Waals surface area contributed by atoms with E-state index in [0.29, 0.717) is 0 Å². The van der Waals surface area contributed by atoms with Gasteiger partial charge in [-0.3, -0.25) is 0 Å². The summed E-state index contributed by atoms with van der Waals surface area (Å²) in [5, 5.41) is 12.6. The predicted octanol–water partition coefficient (Wildman–Crippen LogP) is 10.6. The predicted molar refractivity (Wildman–Crippen MR) is 267 cm³/mol. The average molecular weight is 1010 g/mol. The third-order valence-electron chi connectivity index (χ3n) is 9.13. The van der Waals surface area contributed by atoms with E-state index in [1.165, 1.54) is 47.7 Å². The van der Waals surface area contributed by atoms with Crippen molar-refractivity contribution in [1.29, 1.82) is 0 Å². The summed E-state index contributed by atoms with van der Waals surface area (Å²) in [7, 11) is -1.34. The number of carbonyl (C=O) groups is 1. The molecule has 5 heteroatoms. The van der Waals surface area contributed by atoms with Crippen LogP contribution in [0.25, 0.3) is 0 Å². The van der Waals surface area contributed by atoms with Crippen LogP contribution in [0.3, 0.4) is 0 Å². The Labute approximate surface area is 379 Å². The first kappa shape index (κ1) is 45.7. The van der Waals surface area contributed by atoms with Crippen LogP contribution in [0.15, 0.2) is 273 Å². The van der Waals surface area contributed by atoms with Crippen LogP contribution in [-0.4, -0.2) is 6.79 Å². The Kier molecular flexibility index (Phi) is 19.7. The van der Waals surface area contributed by atoms with Crippen LogP contribution in [0.5, 0.6) is 0 Å². The van der Waals surface area contributed by atoms with Crippen LogP contribution in [0.1, 0.15) is 5.71 Å². The number of carbonyl (C=O) groups excluding carboxylic acids is 1. The minimum atomic E-state index is -0.446. The summed E-state index contributed by atoms with van der Waals surface area (Å²) in [5.74, 6) is 0. The molecule has 0 aromatic heterocycles. The van der Waals surface area contributed by atoms with Crippen LogP contribution in [0.2, 0.25) is 0 Å². The molecule has 0 spiro atoms. The van der Waals surface area contributed by atoms with E-state index in [4.69, 9.17) is 4.79 Å². The third-order valence-corrected chi connectivity index (χ3v) is 16.5. The molecule has 1 radical (unpaired) electrons. The van der Waals surface area contributed by atoms with Crippen LogP contribution in [0.4, 0.5) is 0 Å². The first-order valence-corrected chi connectivity index (χ1v) is 23.5. The minimum absolute atomic E-state index is 0. The number of benzene rings is 9. The monoisotopic (exact) mass is 1010 g/mol. The Morgan fingerprint density at radius 3 is 0.367 bits per heavy atom. The minimum Gasteiger partial charge on any atom is -1.00 e. The number of hydrogen-bond donors (Lipinski definition) is 0. The van der Waals surface area contributed by atoms with Gasteiger partial charge in [-0.1, -0.05) is 273 Å². The quantitative estimate of drug-likeness (QED) is 0.132. The van der Waals surface area contributed by atoms with Crippen molar-refractivity contribution in [2.75, 3.05) is 0 Å². The first-order chi connectivity index (χ1) is 29.3. The second kappa shape index (κ2) is 25.9. The fourth-order valence-electron chi connectivity index (χ4n) is 6.54. The molecule has 0 aliphatic heterocycles. The molecule has 9 rings (SSSR count). The molecule has 0 aliphatic carbocycles. The molecule has 0 heterocycles. The molecule has 0 amide bonds. The van der Waals surface area contributed by atoms with Crippen molar-refractivity contribution in [3.05, 3.63) is 273 Å². The maximum absolute atomic E-state index is 8.00. The Morgan fingerprint density at radius 1 is 0.200 bits per heavy atom. The molecule has 60 heavy (non-hydrogen) atoms. The molecule has 305 valence electrons. The third kappa shape index (κ3) is 13.3. The van der Waals surface area contributed by atoms with Crippen LogP contribution in [-0.2, 0) is 24.9 Å². The van der Waals surface area contributed by atoms with Gasteiger partial charge in [0.1, 0.15) is 6.79 Å². The topological polar surface area (TPSA) is 17.1 Å². The summed E-state index contributed by atoms with van der Waals surface area (Å²) in [4.78, 5) is 8.00. The van der Waals surface area contributed by atoms with Gasteiger partial charge in [0.2, 0.25) is 0 Å². The summed E-state index contributed by atoms with van der Waals surface area (Å²) in [6.07, 6.45) is 0. The molecule has 9 aromatic carbocycles. The van der Waals surface area contributed by atoms with Crippen LogP contribution >= 0.6 is 23.8 Å². The van der Waals surface area contributed by atoms with Gasteiger partial charge in [-0.15, -0.1) is 0 Å². The van der Waals surface area contributed by atoms with E-state index in [2.05, 4.69) is 273 Å². The largest absolute Gasteiger partial charge is 1.00 e. The second-order valence-electron chi connectivity index (χ2n) is 13.0. The van der Waals surface area contributed by atoms with Crippen molar-refractivity contribution in [2.45, 2.75) is 0 Å². The SMILES string of the molecule is C=O.[H-].[H-].[H-].[H-].[Ir].c1ccc(P(c2ccccc2)c2ccccc2)cc1.c1ccc(P(c2ccccc2)c2ccccc2)cc1.c1ccc(P(c2ccccc2)c2ccccc2)cc1. The standard InChI is InChI=1S/3C18H15P.CH2O.Ir.4H/c3*1-4-10-16(11-5-1)19(17-12-6-2-7-13-17)18-14-8-3-9-15-18;1-2;;;;;/h3*1-15H;1H2;;;;;/q;;;;;4*-1. The summed E-state index contributed by atoms with van der Waals surface area (Å²) < 4.78 is 0. The van der Waals surface area contributed by atoms with Crippen molar-refractivity contribution < 1.29 is 30.6 Å². The normalized spacial score (nSPS) is 10.1. The van der Waals surface area contributed by atoms with E-state index in [-0.39, 0.29) is 25.8 Å². The van der Waals surface area contributed by atoms with E-state index in [0.717, 1.165) is 0 Å². The van der Waals surface area contributed by atoms with Gasteiger partial charge in [0.05, 0.1) is 0 Å². The van der Waals surface area contributed by atoms with Gasteiger partial charge in [0, 0.05) is 20.1 Å². The summed E-state index contributed by atoms with van der Waals surface area (Å²) in [5.41, 5.74) is 0. The fourth-order valence-corrected chi connectivity index (χ4v) is 13.5. The summed E-state index contributed by atoms with van der Waals surface area (Å²) in [6.45, 7) is 2.00. The zero-order chi connectivity index (χ0) is 40.7. The van der Waals surface area contributed by atoms with E-state index >= 15 is 0 Å². The molecular weight excluding hydrogens is 962 g/mol. The van der Waals surface area contributed by atoms with Gasteiger partial charge in [0.25, 0.3) is 0 Å². The fraction of sp³-hybridized carbons (Fsp3) is 0. The molecule has 0 bridgehead atoms. The van der Waals surface area contributed by atoms with Crippen molar-refractivity contribution in [3.8, 4) is 0 Å². The average Bonchev–Trinajstić information content (AvgIpc) is 3.34. The van der Waals surface area contributed by atoms with Crippen molar-refractivity contribution >= 4 is 78.3 Å². The van der Waals surface area contributed by atoms with Gasteiger partial charge >= 0.3 is 0 Å². The molecule has 9 aromatic rings. The molecule has 0 N–H and O–H groups in total. The van der Waals surface area contributed by atoms with Gasteiger partial charge in [-0.2, -0.15) is 0 Å². The van der Waals surface area contributed by atoms with Crippen molar-refractivity contribution in [3.63, 3.8) is 0 Å². The van der Waals surface area contributed by atoms with Crippen molar-refractivity contribution in [1.82, 2.24) is 0 Å². The van der Waals surface area contributed by atoms with Gasteiger partial charge in [-0.05, 0) is 71.5 Å². The Hall–Kier alpha value is -5.41. The zero-order valence-corrected chi connectivity index (χ0v) is 38.3. The van der Waals surface area contributed by atoms with E-state index in [1.807, 2.05) is 6.79 Å². The van der Waals surface area contributed by atoms with Crippen LogP contribution in [0, 0.1) is 0 Å². The molecule has 0 unspecified atom stereocenters.